The first-order valence-corrected chi connectivity index (χ1v) is 7.93. The van der Waals surface area contributed by atoms with Crippen LogP contribution in [0.2, 0.25) is 0 Å². The van der Waals surface area contributed by atoms with Crippen LogP contribution >= 0.6 is 43.2 Å². The third-order valence-electron chi connectivity index (χ3n) is 3.01. The molecule has 1 aromatic heterocycles. The van der Waals surface area contributed by atoms with Gasteiger partial charge in [-0.3, -0.25) is 4.79 Å². The van der Waals surface area contributed by atoms with Gasteiger partial charge in [0.15, 0.2) is 0 Å². The fraction of sp³-hybridized carbons (Fsp3) is 0.455. The number of rotatable bonds is 3. The van der Waals surface area contributed by atoms with E-state index in [1.165, 1.54) is 11.3 Å². The summed E-state index contributed by atoms with van der Waals surface area (Å²) in [5.74, 6) is -1.41. The van der Waals surface area contributed by atoms with Gasteiger partial charge in [-0.25, -0.2) is 4.79 Å². The number of carbonyl (C=O) groups is 2. The minimum atomic E-state index is -1.23. The number of thiophene rings is 1. The molecule has 19 heavy (non-hydrogen) atoms. The number of aliphatic carboxylic acids is 1. The Morgan fingerprint density at radius 2 is 2.00 bits per heavy atom. The lowest BCUT2D eigenvalue weighted by molar-refractivity contribution is -0.148. The number of nitrogens with one attached hydrogen (secondary N) is 1. The first-order chi connectivity index (χ1) is 8.94. The van der Waals surface area contributed by atoms with Crippen LogP contribution in [-0.2, 0) is 9.53 Å². The molecule has 0 radical (unpaired) electrons. The second-order valence-electron chi connectivity index (χ2n) is 4.19. The van der Waals surface area contributed by atoms with Crippen molar-refractivity contribution in [2.75, 3.05) is 13.2 Å². The maximum absolute atomic E-state index is 12.2. The summed E-state index contributed by atoms with van der Waals surface area (Å²) in [6.45, 7) is 0.669. The quantitative estimate of drug-likeness (QED) is 0.800. The van der Waals surface area contributed by atoms with Crippen LogP contribution in [0.15, 0.2) is 13.6 Å². The lowest BCUT2D eigenvalue weighted by Gasteiger charge is -2.33. The highest BCUT2D eigenvalue weighted by molar-refractivity contribution is 9.12. The van der Waals surface area contributed by atoms with Crippen LogP contribution in [0, 0.1) is 0 Å². The lowest BCUT2D eigenvalue weighted by atomic mass is 9.90. The molecular weight excluding hydrogens is 402 g/mol. The van der Waals surface area contributed by atoms with Crippen LogP contribution in [0.25, 0.3) is 0 Å². The number of carbonyl (C=O) groups excluding carboxylic acids is 1. The van der Waals surface area contributed by atoms with Gasteiger partial charge in [0, 0.05) is 26.1 Å². The number of ether oxygens (including phenoxy) is 1. The van der Waals surface area contributed by atoms with Gasteiger partial charge in [0.25, 0.3) is 5.91 Å². The molecule has 1 aliphatic heterocycles. The summed E-state index contributed by atoms with van der Waals surface area (Å²) in [4.78, 5) is 23.6. The molecule has 0 atom stereocenters. The average Bonchev–Trinajstić information content (AvgIpc) is 2.69. The van der Waals surface area contributed by atoms with Gasteiger partial charge in [-0.2, -0.15) is 0 Å². The Bertz CT molecular complexity index is 511. The molecule has 1 saturated heterocycles. The Labute approximate surface area is 130 Å². The maximum Gasteiger partial charge on any atom is 0.329 e. The highest BCUT2D eigenvalue weighted by atomic mass is 79.9. The second kappa shape index (κ2) is 5.90. The number of carboxylic acids is 1. The van der Waals surface area contributed by atoms with Gasteiger partial charge in [-0.1, -0.05) is 0 Å². The van der Waals surface area contributed by atoms with Gasteiger partial charge in [0.1, 0.15) is 5.54 Å². The van der Waals surface area contributed by atoms with Crippen molar-refractivity contribution in [1.82, 2.24) is 5.32 Å². The minimum Gasteiger partial charge on any atom is -0.480 e. The van der Waals surface area contributed by atoms with Crippen molar-refractivity contribution in [2.24, 2.45) is 0 Å². The number of carboxylic acid groups (broad SMARTS) is 1. The molecule has 1 fully saturated rings. The fourth-order valence-electron chi connectivity index (χ4n) is 1.89. The first kappa shape index (κ1) is 15.0. The van der Waals surface area contributed by atoms with Crippen LogP contribution in [0.5, 0.6) is 0 Å². The van der Waals surface area contributed by atoms with E-state index in [4.69, 9.17) is 4.74 Å². The third kappa shape index (κ3) is 3.18. The third-order valence-corrected chi connectivity index (χ3v) is 5.35. The highest BCUT2D eigenvalue weighted by Crippen LogP contribution is 2.32. The molecule has 0 saturated carbocycles. The number of hydrogen-bond acceptors (Lipinski definition) is 4. The second-order valence-corrected chi connectivity index (χ2v) is 7.94. The smallest absolute Gasteiger partial charge is 0.329 e. The monoisotopic (exact) mass is 411 g/mol. The van der Waals surface area contributed by atoms with E-state index in [2.05, 4.69) is 37.2 Å². The van der Waals surface area contributed by atoms with Crippen molar-refractivity contribution in [3.63, 3.8) is 0 Å². The van der Waals surface area contributed by atoms with Crippen LogP contribution < -0.4 is 5.32 Å². The van der Waals surface area contributed by atoms with Crippen molar-refractivity contribution in [1.29, 1.82) is 0 Å². The summed E-state index contributed by atoms with van der Waals surface area (Å²) in [7, 11) is 0. The van der Waals surface area contributed by atoms with E-state index in [9.17, 15) is 14.7 Å². The van der Waals surface area contributed by atoms with Crippen LogP contribution in [-0.4, -0.2) is 35.7 Å². The van der Waals surface area contributed by atoms with Crippen molar-refractivity contribution < 1.29 is 19.4 Å². The Morgan fingerprint density at radius 3 is 2.47 bits per heavy atom. The summed E-state index contributed by atoms with van der Waals surface area (Å²) in [6, 6.07) is 1.67. The molecule has 8 heteroatoms. The Hall–Kier alpha value is -0.440. The largest absolute Gasteiger partial charge is 0.480 e. The van der Waals surface area contributed by atoms with E-state index in [-0.39, 0.29) is 12.8 Å². The molecule has 1 aromatic rings. The molecule has 2 N–H and O–H groups in total. The first-order valence-electron chi connectivity index (χ1n) is 5.53. The van der Waals surface area contributed by atoms with Crippen molar-refractivity contribution in [2.45, 2.75) is 18.4 Å². The van der Waals surface area contributed by atoms with E-state index in [1.54, 1.807) is 6.07 Å². The summed E-state index contributed by atoms with van der Waals surface area (Å²) in [6.07, 6.45) is 0.550. The van der Waals surface area contributed by atoms with Crippen LogP contribution in [0.3, 0.4) is 0 Å². The van der Waals surface area contributed by atoms with E-state index in [0.29, 0.717) is 22.6 Å². The van der Waals surface area contributed by atoms with E-state index < -0.39 is 17.4 Å². The van der Waals surface area contributed by atoms with Gasteiger partial charge in [0.05, 0.1) is 13.1 Å². The van der Waals surface area contributed by atoms with Gasteiger partial charge >= 0.3 is 5.97 Å². The van der Waals surface area contributed by atoms with Crippen LogP contribution in [0.1, 0.15) is 23.2 Å². The number of hydrogen-bond donors (Lipinski definition) is 2. The maximum atomic E-state index is 12.2. The summed E-state index contributed by atoms with van der Waals surface area (Å²) < 4.78 is 6.64. The van der Waals surface area contributed by atoms with E-state index >= 15 is 0 Å². The predicted molar refractivity (Wildman–Crippen MR) is 77.6 cm³/mol. The Balaban J connectivity index is 2.20. The summed E-state index contributed by atoms with van der Waals surface area (Å²) >= 11 is 7.95. The van der Waals surface area contributed by atoms with Gasteiger partial charge < -0.3 is 15.2 Å². The average molecular weight is 413 g/mol. The van der Waals surface area contributed by atoms with Gasteiger partial charge in [0.2, 0.25) is 0 Å². The van der Waals surface area contributed by atoms with Crippen LogP contribution in [0.4, 0.5) is 0 Å². The van der Waals surface area contributed by atoms with E-state index in [1.807, 2.05) is 0 Å². The SMILES string of the molecule is O=C(NC1(C(=O)O)CCOCC1)c1cc(Br)sc1Br. The summed E-state index contributed by atoms with van der Waals surface area (Å²) in [5, 5.41) is 12.0. The standard InChI is InChI=1S/C11H11Br2NO4S/c12-7-5-6(8(13)19-7)9(15)14-11(10(16)17)1-3-18-4-2-11/h5H,1-4H2,(H,14,15)(H,16,17). The van der Waals surface area contributed by atoms with Crippen molar-refractivity contribution in [3.05, 3.63) is 19.2 Å². The molecule has 1 amide bonds. The molecule has 0 aliphatic carbocycles. The number of halogens is 2. The van der Waals surface area contributed by atoms with Crippen molar-refractivity contribution >= 4 is 55.1 Å². The lowest BCUT2D eigenvalue weighted by Crippen LogP contribution is -2.57. The van der Waals surface area contributed by atoms with Crippen molar-refractivity contribution in [3.8, 4) is 0 Å². The minimum absolute atomic E-state index is 0.275. The molecule has 5 nitrogen and oxygen atoms in total. The Morgan fingerprint density at radius 1 is 1.37 bits per heavy atom. The molecule has 1 aliphatic rings. The molecule has 0 bridgehead atoms. The fourth-order valence-corrected chi connectivity index (χ4v) is 4.69. The topological polar surface area (TPSA) is 75.6 Å². The highest BCUT2D eigenvalue weighted by Gasteiger charge is 2.42. The molecule has 0 unspecified atom stereocenters. The molecule has 104 valence electrons. The molecule has 2 heterocycles. The van der Waals surface area contributed by atoms with Gasteiger partial charge in [-0.05, 0) is 37.9 Å². The zero-order valence-corrected chi connectivity index (χ0v) is 13.7. The van der Waals surface area contributed by atoms with E-state index in [0.717, 1.165) is 3.79 Å². The normalized spacial score (nSPS) is 18.0. The zero-order valence-electron chi connectivity index (χ0n) is 9.74. The zero-order chi connectivity index (χ0) is 14.0. The molecule has 0 aromatic carbocycles. The molecular formula is C11H11Br2NO4S. The Kier molecular flexibility index (Phi) is 4.65. The van der Waals surface area contributed by atoms with Gasteiger partial charge in [-0.15, -0.1) is 11.3 Å². The molecule has 0 spiro atoms. The number of amides is 1. The summed E-state index contributed by atoms with van der Waals surface area (Å²) in [5.41, 5.74) is -0.799. The molecule has 2 rings (SSSR count). The predicted octanol–water partition coefficient (Wildman–Crippen LogP) is 2.64.